The fraction of sp³-hybridized carbons (Fsp3) is 0.450. The van der Waals surface area contributed by atoms with Crippen molar-refractivity contribution in [2.45, 2.75) is 50.7 Å². The number of aliphatic hydroxyl groups is 3. The van der Waals surface area contributed by atoms with E-state index in [1.165, 1.54) is 10.1 Å². The molecule has 0 aliphatic carbocycles. The van der Waals surface area contributed by atoms with Gasteiger partial charge in [0.05, 0.1) is 6.61 Å². The Bertz CT molecular complexity index is 1090. The fourth-order valence-electron chi connectivity index (χ4n) is 3.74. The minimum absolute atomic E-state index is 0.0343. The van der Waals surface area contributed by atoms with Crippen LogP contribution in [0.2, 0.25) is 0 Å². The van der Waals surface area contributed by atoms with Crippen molar-refractivity contribution < 1.29 is 20.1 Å². The minimum atomic E-state index is -1.36. The van der Waals surface area contributed by atoms with Crippen molar-refractivity contribution in [1.82, 2.24) is 19.5 Å². The van der Waals surface area contributed by atoms with E-state index in [0.717, 1.165) is 19.3 Å². The van der Waals surface area contributed by atoms with Gasteiger partial charge in [0.15, 0.2) is 17.4 Å². The lowest BCUT2D eigenvalue weighted by Gasteiger charge is -2.19. The highest BCUT2D eigenvalue weighted by atomic mass is 16.6. The number of H-pyrrole nitrogens is 1. The van der Waals surface area contributed by atoms with Crippen LogP contribution in [0, 0.1) is 0 Å². The molecule has 0 unspecified atom stereocenters. The Kier molecular flexibility index (Phi) is 5.56. The van der Waals surface area contributed by atoms with Gasteiger partial charge in [0.1, 0.15) is 24.1 Å². The third-order valence-electron chi connectivity index (χ3n) is 5.37. The van der Waals surface area contributed by atoms with E-state index in [0.29, 0.717) is 11.4 Å². The zero-order valence-electron chi connectivity index (χ0n) is 16.5. The van der Waals surface area contributed by atoms with Gasteiger partial charge in [0.25, 0.3) is 5.56 Å². The Hall–Kier alpha value is -2.79. The van der Waals surface area contributed by atoms with Crippen LogP contribution >= 0.6 is 0 Å². The number of benzene rings is 1. The number of anilines is 1. The summed E-state index contributed by atoms with van der Waals surface area (Å²) in [4.78, 5) is 23.4. The number of rotatable bonds is 6. The second-order valence-electron chi connectivity index (χ2n) is 7.46. The molecule has 0 spiro atoms. The first-order valence-corrected chi connectivity index (χ1v) is 9.94. The maximum absolute atomic E-state index is 12.4. The van der Waals surface area contributed by atoms with E-state index in [1.54, 1.807) is 0 Å². The molecule has 3 heterocycles. The second-order valence-corrected chi connectivity index (χ2v) is 7.46. The highest BCUT2D eigenvalue weighted by Gasteiger charge is 2.45. The number of nitrogens with zero attached hydrogens (tertiary/aromatic N) is 3. The number of nitrogens with one attached hydrogen (secondary N) is 1. The average molecular weight is 415 g/mol. The molecule has 1 aromatic carbocycles. The number of unbranched alkanes of at least 4 members (excludes halogenated alkanes) is 1. The van der Waals surface area contributed by atoms with E-state index in [1.807, 2.05) is 24.3 Å². The van der Waals surface area contributed by atoms with Gasteiger partial charge < -0.3 is 25.8 Å². The molecule has 0 bridgehead atoms. The van der Waals surface area contributed by atoms with Crippen molar-refractivity contribution >= 4 is 17.1 Å². The first-order valence-electron chi connectivity index (χ1n) is 9.94. The standard InChI is InChI=1S/C20H25N5O5/c1-2-3-4-10-5-7-11(8-6-10)16-22-13-17(23-20(21)24-18(13)29)25(16)19-15(28)14(27)12(9-26)30-19/h5-8,12,14-15,19,26-28H,2-4,9H2,1H3,(H3,21,23,24,29)/t12-,14-,15-,19-/m1/s1. The number of aromatic amines is 1. The van der Waals surface area contributed by atoms with Crippen molar-refractivity contribution in [1.29, 1.82) is 0 Å². The van der Waals surface area contributed by atoms with E-state index >= 15 is 0 Å². The maximum atomic E-state index is 12.4. The summed E-state index contributed by atoms with van der Waals surface area (Å²) in [6.45, 7) is 1.66. The van der Waals surface area contributed by atoms with E-state index < -0.39 is 36.7 Å². The number of aliphatic hydroxyl groups excluding tert-OH is 3. The van der Waals surface area contributed by atoms with Crippen LogP contribution in [0.15, 0.2) is 29.1 Å². The minimum Gasteiger partial charge on any atom is -0.394 e. The van der Waals surface area contributed by atoms with Crippen LogP contribution in [0.25, 0.3) is 22.6 Å². The molecule has 1 saturated heterocycles. The summed E-state index contributed by atoms with van der Waals surface area (Å²) < 4.78 is 7.14. The molecular weight excluding hydrogens is 390 g/mol. The van der Waals surface area contributed by atoms with Crippen LogP contribution in [0.4, 0.5) is 5.95 Å². The lowest BCUT2D eigenvalue weighted by atomic mass is 10.1. The van der Waals surface area contributed by atoms with E-state index in [9.17, 15) is 20.1 Å². The van der Waals surface area contributed by atoms with E-state index in [4.69, 9.17) is 10.5 Å². The first-order chi connectivity index (χ1) is 14.4. The third kappa shape index (κ3) is 3.47. The van der Waals surface area contributed by atoms with E-state index in [-0.39, 0.29) is 17.1 Å². The van der Waals surface area contributed by atoms with Crippen molar-refractivity contribution in [2.75, 3.05) is 12.3 Å². The van der Waals surface area contributed by atoms with Gasteiger partial charge in [-0.05, 0) is 18.4 Å². The molecule has 0 radical (unpaired) electrons. The van der Waals surface area contributed by atoms with Gasteiger partial charge in [-0.3, -0.25) is 14.3 Å². The number of nitrogens with two attached hydrogens (primary N) is 1. The van der Waals surface area contributed by atoms with Gasteiger partial charge in [-0.2, -0.15) is 4.98 Å². The summed E-state index contributed by atoms with van der Waals surface area (Å²) in [7, 11) is 0. The Morgan fingerprint density at radius 1 is 1.20 bits per heavy atom. The third-order valence-corrected chi connectivity index (χ3v) is 5.37. The molecule has 10 nitrogen and oxygen atoms in total. The molecule has 1 aliphatic rings. The van der Waals surface area contributed by atoms with E-state index in [2.05, 4.69) is 21.9 Å². The van der Waals surface area contributed by atoms with Crippen LogP contribution in [0.5, 0.6) is 0 Å². The SMILES string of the molecule is CCCCc1ccc(-c2nc3c(=O)[nH]c(N)nc3n2[C@@H]2O[C@H](CO)[C@@H](O)[C@H]2O)cc1. The molecule has 0 saturated carbocycles. The molecule has 4 rings (SSSR count). The maximum Gasteiger partial charge on any atom is 0.280 e. The predicted octanol–water partition coefficient (Wildman–Crippen LogP) is 0.323. The Morgan fingerprint density at radius 2 is 1.93 bits per heavy atom. The largest absolute Gasteiger partial charge is 0.394 e. The van der Waals surface area contributed by atoms with Crippen LogP contribution < -0.4 is 11.3 Å². The smallest absolute Gasteiger partial charge is 0.280 e. The first kappa shape index (κ1) is 20.5. The molecule has 10 heteroatoms. The molecule has 4 atom stereocenters. The van der Waals surface area contributed by atoms with Crippen molar-refractivity contribution in [3.05, 3.63) is 40.2 Å². The molecule has 3 aromatic rings. The van der Waals surface area contributed by atoms with Crippen molar-refractivity contribution in [2.24, 2.45) is 0 Å². The number of fused-ring (bicyclic) bond motifs is 1. The average Bonchev–Trinajstić information content (AvgIpc) is 3.24. The number of nitrogen functional groups attached to an aromatic ring is 1. The van der Waals surface area contributed by atoms with Gasteiger partial charge >= 0.3 is 0 Å². The predicted molar refractivity (Wildman–Crippen MR) is 110 cm³/mol. The second kappa shape index (κ2) is 8.15. The highest BCUT2D eigenvalue weighted by molar-refractivity contribution is 5.77. The molecule has 160 valence electrons. The number of aromatic nitrogens is 4. The van der Waals surface area contributed by atoms with Crippen LogP contribution in [0.1, 0.15) is 31.6 Å². The van der Waals surface area contributed by atoms with Gasteiger partial charge in [-0.15, -0.1) is 0 Å². The summed E-state index contributed by atoms with van der Waals surface area (Å²) in [6.07, 6.45) is -1.61. The normalized spacial score (nSPS) is 24.0. The van der Waals surface area contributed by atoms with Crippen molar-refractivity contribution in [3.63, 3.8) is 0 Å². The Morgan fingerprint density at radius 3 is 2.57 bits per heavy atom. The zero-order chi connectivity index (χ0) is 21.4. The van der Waals surface area contributed by atoms with Crippen LogP contribution in [-0.4, -0.2) is 59.8 Å². The Labute approximate surface area is 172 Å². The molecule has 6 N–H and O–H groups in total. The monoisotopic (exact) mass is 415 g/mol. The molecule has 30 heavy (non-hydrogen) atoms. The van der Waals surface area contributed by atoms with Crippen LogP contribution in [-0.2, 0) is 11.2 Å². The van der Waals surface area contributed by atoms with Gasteiger partial charge in [0.2, 0.25) is 5.95 Å². The Balaban J connectivity index is 1.86. The number of hydrogen-bond donors (Lipinski definition) is 5. The summed E-state index contributed by atoms with van der Waals surface area (Å²) in [5.74, 6) is 0.229. The zero-order valence-corrected chi connectivity index (χ0v) is 16.5. The number of aryl methyl sites for hydroxylation is 1. The van der Waals surface area contributed by atoms with Crippen LogP contribution in [0.3, 0.4) is 0 Å². The quantitative estimate of drug-likeness (QED) is 0.385. The van der Waals surface area contributed by atoms with Crippen molar-refractivity contribution in [3.8, 4) is 11.4 Å². The number of ether oxygens (including phenoxy) is 1. The molecule has 1 aliphatic heterocycles. The lowest BCUT2D eigenvalue weighted by molar-refractivity contribution is -0.0503. The summed E-state index contributed by atoms with van der Waals surface area (Å²) in [5, 5.41) is 30.2. The fourth-order valence-corrected chi connectivity index (χ4v) is 3.74. The highest BCUT2D eigenvalue weighted by Crippen LogP contribution is 2.35. The lowest BCUT2D eigenvalue weighted by Crippen LogP contribution is -2.33. The molecule has 0 amide bonds. The van der Waals surface area contributed by atoms with Gasteiger partial charge in [0, 0.05) is 5.56 Å². The molecule has 1 fully saturated rings. The molecular formula is C20H25N5O5. The van der Waals surface area contributed by atoms with Gasteiger partial charge in [-0.25, -0.2) is 4.98 Å². The number of imidazole rings is 1. The molecule has 2 aromatic heterocycles. The topological polar surface area (TPSA) is 160 Å². The summed E-state index contributed by atoms with van der Waals surface area (Å²) in [6, 6.07) is 7.72. The summed E-state index contributed by atoms with van der Waals surface area (Å²) >= 11 is 0. The van der Waals surface area contributed by atoms with Gasteiger partial charge in [-0.1, -0.05) is 37.6 Å². The number of hydrogen-bond acceptors (Lipinski definition) is 8. The summed E-state index contributed by atoms with van der Waals surface area (Å²) in [5.41, 5.74) is 7.21.